The summed E-state index contributed by atoms with van der Waals surface area (Å²) in [6.45, 7) is 9.28. The van der Waals surface area contributed by atoms with Crippen LogP contribution < -0.4 is 14.4 Å². The van der Waals surface area contributed by atoms with Gasteiger partial charge in [0, 0.05) is 5.56 Å². The number of ketones is 1. The van der Waals surface area contributed by atoms with E-state index in [-0.39, 0.29) is 27.9 Å². The maximum atomic E-state index is 13.5. The zero-order valence-electron chi connectivity index (χ0n) is 22.0. The first kappa shape index (κ1) is 27.6. The van der Waals surface area contributed by atoms with Crippen LogP contribution >= 0.6 is 11.3 Å². The summed E-state index contributed by atoms with van der Waals surface area (Å²) >= 11 is 0.936. The van der Waals surface area contributed by atoms with Crippen molar-refractivity contribution in [2.75, 3.05) is 25.2 Å². The number of thiazole rings is 1. The Hall–Kier alpha value is -4.44. The SMILES string of the molecule is C=CCOC(=O)c1sc(N2C(=O)C(=O)C(=C(O)c3ccc(OC)cc3C)[C@@H]2c2ccc(OCC)cc2)nc1C. The molecule has 1 N–H and O–H groups in total. The lowest BCUT2D eigenvalue weighted by Gasteiger charge is -2.23. The van der Waals surface area contributed by atoms with Crippen molar-refractivity contribution >= 4 is 39.9 Å². The molecule has 39 heavy (non-hydrogen) atoms. The van der Waals surface area contributed by atoms with Gasteiger partial charge in [-0.05, 0) is 62.2 Å². The third-order valence-electron chi connectivity index (χ3n) is 6.15. The molecule has 4 rings (SSSR count). The minimum absolute atomic E-state index is 0.0173. The number of aromatic nitrogens is 1. The quantitative estimate of drug-likeness (QED) is 0.129. The normalized spacial score (nSPS) is 16.3. The first-order valence-corrected chi connectivity index (χ1v) is 13.0. The van der Waals surface area contributed by atoms with E-state index < -0.39 is 23.7 Å². The van der Waals surface area contributed by atoms with Crippen LogP contribution in [-0.2, 0) is 14.3 Å². The lowest BCUT2D eigenvalue weighted by molar-refractivity contribution is -0.132. The van der Waals surface area contributed by atoms with E-state index in [9.17, 15) is 19.5 Å². The van der Waals surface area contributed by atoms with E-state index in [2.05, 4.69) is 11.6 Å². The van der Waals surface area contributed by atoms with Crippen molar-refractivity contribution in [3.8, 4) is 11.5 Å². The number of hydrogen-bond donors (Lipinski definition) is 1. The molecule has 10 heteroatoms. The maximum absolute atomic E-state index is 13.5. The van der Waals surface area contributed by atoms with E-state index in [4.69, 9.17) is 14.2 Å². The molecule has 0 bridgehead atoms. The molecule has 1 atom stereocenters. The molecule has 1 fully saturated rings. The predicted molar refractivity (Wildman–Crippen MR) is 147 cm³/mol. The molecule has 0 aliphatic carbocycles. The Morgan fingerprint density at radius 1 is 1.15 bits per heavy atom. The number of aryl methyl sites for hydroxylation is 2. The van der Waals surface area contributed by atoms with Gasteiger partial charge in [0.15, 0.2) is 5.13 Å². The molecule has 202 valence electrons. The minimum Gasteiger partial charge on any atom is -0.507 e. The van der Waals surface area contributed by atoms with Crippen molar-refractivity contribution in [1.82, 2.24) is 4.98 Å². The molecule has 9 nitrogen and oxygen atoms in total. The van der Waals surface area contributed by atoms with Gasteiger partial charge in [-0.15, -0.1) is 0 Å². The van der Waals surface area contributed by atoms with Gasteiger partial charge in [-0.25, -0.2) is 9.78 Å². The second kappa shape index (κ2) is 11.5. The topological polar surface area (TPSA) is 115 Å². The Kier molecular flexibility index (Phi) is 8.15. The molecule has 0 spiro atoms. The van der Waals surface area contributed by atoms with E-state index >= 15 is 0 Å². The molecule has 1 amide bonds. The summed E-state index contributed by atoms with van der Waals surface area (Å²) < 4.78 is 16.0. The van der Waals surface area contributed by atoms with E-state index in [1.54, 1.807) is 56.3 Å². The lowest BCUT2D eigenvalue weighted by Crippen LogP contribution is -2.29. The zero-order chi connectivity index (χ0) is 28.3. The number of aliphatic hydroxyl groups is 1. The van der Waals surface area contributed by atoms with Gasteiger partial charge in [-0.1, -0.05) is 36.1 Å². The summed E-state index contributed by atoms with van der Waals surface area (Å²) in [5.74, 6) is -1.48. The van der Waals surface area contributed by atoms with Crippen LogP contribution in [0.1, 0.15) is 45.0 Å². The number of nitrogens with zero attached hydrogens (tertiary/aromatic N) is 2. The van der Waals surface area contributed by atoms with Crippen LogP contribution in [0.3, 0.4) is 0 Å². The number of Topliss-reactive ketones (excluding diaryl/α,β-unsaturated/α-hetero) is 1. The van der Waals surface area contributed by atoms with Crippen molar-refractivity contribution in [3.05, 3.63) is 88.0 Å². The molecule has 1 aliphatic rings. The summed E-state index contributed by atoms with van der Waals surface area (Å²) in [5, 5.41) is 11.6. The Labute approximate surface area is 230 Å². The van der Waals surface area contributed by atoms with E-state index in [1.165, 1.54) is 18.1 Å². The standard InChI is InChI=1S/C29H28N2O7S/c1-6-14-38-28(35)26-17(4)30-29(39-26)31-23(18-8-10-19(11-9-18)37-7-2)22(25(33)27(31)34)24(32)21-13-12-20(36-5)15-16(21)3/h6,8-13,15,23,32H,1,7,14H2,2-5H3/t23-/m0/s1. The summed E-state index contributed by atoms with van der Waals surface area (Å²) in [4.78, 5) is 45.4. The molecular weight excluding hydrogens is 520 g/mol. The van der Waals surface area contributed by atoms with Gasteiger partial charge in [-0.3, -0.25) is 14.5 Å². The average Bonchev–Trinajstić information content (AvgIpc) is 3.43. The molecule has 0 saturated carbocycles. The fraction of sp³-hybridized carbons (Fsp3) is 0.241. The number of hydrogen-bond acceptors (Lipinski definition) is 9. The number of anilines is 1. The van der Waals surface area contributed by atoms with Gasteiger partial charge >= 0.3 is 11.9 Å². The summed E-state index contributed by atoms with van der Waals surface area (Å²) in [7, 11) is 1.53. The van der Waals surface area contributed by atoms with Crippen LogP contribution in [0.2, 0.25) is 0 Å². The van der Waals surface area contributed by atoms with Gasteiger partial charge in [0.25, 0.3) is 5.78 Å². The number of ether oxygens (including phenoxy) is 3. The minimum atomic E-state index is -1.01. The van der Waals surface area contributed by atoms with Gasteiger partial charge in [-0.2, -0.15) is 0 Å². The van der Waals surface area contributed by atoms with Crippen LogP contribution in [0.5, 0.6) is 11.5 Å². The maximum Gasteiger partial charge on any atom is 0.350 e. The highest BCUT2D eigenvalue weighted by Crippen LogP contribution is 2.44. The average molecular weight is 549 g/mol. The highest BCUT2D eigenvalue weighted by molar-refractivity contribution is 7.17. The van der Waals surface area contributed by atoms with Crippen LogP contribution in [0, 0.1) is 13.8 Å². The summed E-state index contributed by atoms with van der Waals surface area (Å²) in [5.41, 5.74) is 1.84. The van der Waals surface area contributed by atoms with E-state index in [0.717, 1.165) is 11.3 Å². The molecule has 3 aromatic rings. The smallest absolute Gasteiger partial charge is 0.350 e. The van der Waals surface area contributed by atoms with Crippen molar-refractivity contribution < 1.29 is 33.7 Å². The largest absolute Gasteiger partial charge is 0.507 e. The summed E-state index contributed by atoms with van der Waals surface area (Å²) in [6, 6.07) is 10.9. The fourth-order valence-corrected chi connectivity index (χ4v) is 5.29. The van der Waals surface area contributed by atoms with Crippen molar-refractivity contribution in [1.29, 1.82) is 0 Å². The van der Waals surface area contributed by atoms with E-state index in [1.807, 2.05) is 6.92 Å². The second-order valence-electron chi connectivity index (χ2n) is 8.65. The lowest BCUT2D eigenvalue weighted by atomic mass is 9.94. The molecular formula is C29H28N2O7S. The molecule has 1 saturated heterocycles. The van der Waals surface area contributed by atoms with Crippen molar-refractivity contribution in [2.45, 2.75) is 26.8 Å². The Balaban J connectivity index is 1.89. The first-order chi connectivity index (χ1) is 18.7. The van der Waals surface area contributed by atoms with Crippen molar-refractivity contribution in [2.24, 2.45) is 0 Å². The summed E-state index contributed by atoms with van der Waals surface area (Å²) in [6.07, 6.45) is 1.45. The number of methoxy groups -OCH3 is 1. The number of carbonyl (C=O) groups excluding carboxylic acids is 3. The van der Waals surface area contributed by atoms with Crippen LogP contribution in [0.15, 0.2) is 60.7 Å². The molecule has 0 unspecified atom stereocenters. The van der Waals surface area contributed by atoms with Gasteiger partial charge in [0.2, 0.25) is 0 Å². The van der Waals surface area contributed by atoms with Crippen LogP contribution in [0.25, 0.3) is 5.76 Å². The first-order valence-electron chi connectivity index (χ1n) is 12.2. The number of carbonyl (C=O) groups is 3. The number of benzene rings is 2. The van der Waals surface area contributed by atoms with Gasteiger partial charge in [0.05, 0.1) is 31.0 Å². The Bertz CT molecular complexity index is 1470. The monoisotopic (exact) mass is 548 g/mol. The molecule has 2 aromatic carbocycles. The molecule has 0 radical (unpaired) electrons. The fourth-order valence-electron chi connectivity index (χ4n) is 4.31. The molecule has 2 heterocycles. The van der Waals surface area contributed by atoms with Crippen LogP contribution in [-0.4, -0.2) is 48.1 Å². The van der Waals surface area contributed by atoms with Gasteiger partial charge in [0.1, 0.15) is 28.7 Å². The third-order valence-corrected chi connectivity index (χ3v) is 7.29. The molecule has 1 aromatic heterocycles. The third kappa shape index (κ3) is 5.28. The Morgan fingerprint density at radius 3 is 2.46 bits per heavy atom. The number of aliphatic hydroxyl groups excluding tert-OH is 1. The number of rotatable bonds is 9. The molecule has 1 aliphatic heterocycles. The van der Waals surface area contributed by atoms with Crippen LogP contribution in [0.4, 0.5) is 5.13 Å². The zero-order valence-corrected chi connectivity index (χ0v) is 22.8. The number of amides is 1. The predicted octanol–water partition coefficient (Wildman–Crippen LogP) is 5.14. The number of esters is 1. The second-order valence-corrected chi connectivity index (χ2v) is 9.63. The van der Waals surface area contributed by atoms with Gasteiger partial charge < -0.3 is 19.3 Å². The Morgan fingerprint density at radius 2 is 1.85 bits per heavy atom. The highest BCUT2D eigenvalue weighted by Gasteiger charge is 2.48. The van der Waals surface area contributed by atoms with E-state index in [0.29, 0.717) is 40.5 Å². The highest BCUT2D eigenvalue weighted by atomic mass is 32.1. The van der Waals surface area contributed by atoms with Crippen molar-refractivity contribution in [3.63, 3.8) is 0 Å².